The molecule has 5 heteroatoms. The Hall–Kier alpha value is -1.10. The Labute approximate surface area is 152 Å². The van der Waals surface area contributed by atoms with Gasteiger partial charge < -0.3 is 15.0 Å². The molecule has 1 fully saturated rings. The first kappa shape index (κ1) is 20.9. The van der Waals surface area contributed by atoms with E-state index in [2.05, 4.69) is 48.3 Å². The molecule has 1 N–H and O–H groups in total. The average Bonchev–Trinajstić information content (AvgIpc) is 2.60. The van der Waals surface area contributed by atoms with Crippen LogP contribution in [-0.4, -0.2) is 49.2 Å². The number of nitrogens with one attached hydrogen (secondary N) is 1. The second-order valence-electron chi connectivity index (χ2n) is 6.23. The highest BCUT2D eigenvalue weighted by atomic mass is 35.5. The van der Waals surface area contributed by atoms with Gasteiger partial charge in [0.15, 0.2) is 0 Å². The Bertz CT molecular complexity index is 464. The second kappa shape index (κ2) is 11.5. The molecule has 0 spiro atoms. The Morgan fingerprint density at radius 2 is 2.04 bits per heavy atom. The molecule has 1 aromatic carbocycles. The van der Waals surface area contributed by atoms with E-state index in [1.54, 1.807) is 0 Å². The first-order chi connectivity index (χ1) is 11.3. The number of rotatable bonds is 8. The van der Waals surface area contributed by atoms with Crippen molar-refractivity contribution in [2.75, 3.05) is 26.2 Å². The standard InChI is InChI=1S/C19H30N2O2.ClH/c1-3-8-17(14-16-9-6-5-7-10-16)21(12-4-2)19(22)18-15-20-11-13-23-18;/h5-7,9-10,17-18,20H,3-4,8,11-15H2,1-2H3;1H. The molecule has 136 valence electrons. The van der Waals surface area contributed by atoms with Gasteiger partial charge in [-0.3, -0.25) is 4.79 Å². The summed E-state index contributed by atoms with van der Waals surface area (Å²) >= 11 is 0. The summed E-state index contributed by atoms with van der Waals surface area (Å²) in [5.74, 6) is 0.147. The number of hydrogen-bond acceptors (Lipinski definition) is 3. The summed E-state index contributed by atoms with van der Waals surface area (Å²) in [6.07, 6.45) is 3.67. The topological polar surface area (TPSA) is 41.6 Å². The van der Waals surface area contributed by atoms with Crippen LogP contribution in [-0.2, 0) is 16.0 Å². The summed E-state index contributed by atoms with van der Waals surface area (Å²) < 4.78 is 5.69. The van der Waals surface area contributed by atoms with E-state index in [1.165, 1.54) is 5.56 Å². The fourth-order valence-corrected chi connectivity index (χ4v) is 3.21. The summed E-state index contributed by atoms with van der Waals surface area (Å²) in [4.78, 5) is 15.0. The molecule has 0 aliphatic carbocycles. The van der Waals surface area contributed by atoms with E-state index < -0.39 is 0 Å². The minimum absolute atomic E-state index is 0. The molecule has 1 heterocycles. The SMILES string of the molecule is CCCC(Cc1ccccc1)N(CCC)C(=O)C1CNCCO1.Cl. The molecule has 4 nitrogen and oxygen atoms in total. The molecule has 0 saturated carbocycles. The number of ether oxygens (including phenoxy) is 1. The van der Waals surface area contributed by atoms with Crippen molar-refractivity contribution >= 4 is 18.3 Å². The van der Waals surface area contributed by atoms with Crippen molar-refractivity contribution < 1.29 is 9.53 Å². The molecular formula is C19H31ClN2O2. The van der Waals surface area contributed by atoms with Gasteiger partial charge in [0.05, 0.1) is 6.61 Å². The van der Waals surface area contributed by atoms with E-state index in [-0.39, 0.29) is 30.5 Å². The number of morpholine rings is 1. The van der Waals surface area contributed by atoms with Gasteiger partial charge in [0.25, 0.3) is 5.91 Å². The van der Waals surface area contributed by atoms with Crippen LogP contribution in [0.3, 0.4) is 0 Å². The third-order valence-corrected chi connectivity index (χ3v) is 4.33. The molecule has 0 bridgehead atoms. The average molecular weight is 355 g/mol. The zero-order chi connectivity index (χ0) is 16.5. The largest absolute Gasteiger partial charge is 0.366 e. The number of benzene rings is 1. The maximum absolute atomic E-state index is 13.0. The predicted molar refractivity (Wildman–Crippen MR) is 101 cm³/mol. The molecule has 24 heavy (non-hydrogen) atoms. The van der Waals surface area contributed by atoms with Crippen molar-refractivity contribution in [2.45, 2.75) is 51.7 Å². The fourth-order valence-electron chi connectivity index (χ4n) is 3.21. The van der Waals surface area contributed by atoms with Gasteiger partial charge in [0, 0.05) is 25.7 Å². The highest BCUT2D eigenvalue weighted by Gasteiger charge is 2.30. The zero-order valence-corrected chi connectivity index (χ0v) is 15.7. The highest BCUT2D eigenvalue weighted by Crippen LogP contribution is 2.17. The van der Waals surface area contributed by atoms with Crippen molar-refractivity contribution in [3.63, 3.8) is 0 Å². The minimum atomic E-state index is -0.328. The van der Waals surface area contributed by atoms with Gasteiger partial charge in [-0.15, -0.1) is 12.4 Å². The Balaban J connectivity index is 0.00000288. The van der Waals surface area contributed by atoms with Crippen LogP contribution in [0, 0.1) is 0 Å². The molecular weight excluding hydrogens is 324 g/mol. The lowest BCUT2D eigenvalue weighted by Crippen LogP contribution is -2.53. The van der Waals surface area contributed by atoms with Gasteiger partial charge in [-0.05, 0) is 24.8 Å². The van der Waals surface area contributed by atoms with Gasteiger partial charge >= 0.3 is 0 Å². The van der Waals surface area contributed by atoms with Gasteiger partial charge in [0.1, 0.15) is 6.10 Å². The second-order valence-corrected chi connectivity index (χ2v) is 6.23. The van der Waals surface area contributed by atoms with E-state index in [1.807, 2.05) is 6.07 Å². The van der Waals surface area contributed by atoms with Crippen LogP contribution in [0.15, 0.2) is 30.3 Å². The number of amides is 1. The van der Waals surface area contributed by atoms with Crippen molar-refractivity contribution in [2.24, 2.45) is 0 Å². The number of hydrogen-bond donors (Lipinski definition) is 1. The summed E-state index contributed by atoms with van der Waals surface area (Å²) in [7, 11) is 0. The molecule has 0 radical (unpaired) electrons. The summed E-state index contributed by atoms with van der Waals surface area (Å²) in [5, 5.41) is 3.26. The first-order valence-electron chi connectivity index (χ1n) is 8.93. The van der Waals surface area contributed by atoms with Gasteiger partial charge in [-0.1, -0.05) is 50.6 Å². The van der Waals surface area contributed by atoms with Gasteiger partial charge in [-0.2, -0.15) is 0 Å². The maximum atomic E-state index is 13.0. The fraction of sp³-hybridized carbons (Fsp3) is 0.632. The molecule has 1 saturated heterocycles. The van der Waals surface area contributed by atoms with Crippen molar-refractivity contribution in [1.82, 2.24) is 10.2 Å². The maximum Gasteiger partial charge on any atom is 0.253 e. The molecule has 1 aliphatic rings. The lowest BCUT2D eigenvalue weighted by atomic mass is 9.99. The third-order valence-electron chi connectivity index (χ3n) is 4.33. The quantitative estimate of drug-likeness (QED) is 0.780. The van der Waals surface area contributed by atoms with Crippen LogP contribution in [0.5, 0.6) is 0 Å². The van der Waals surface area contributed by atoms with E-state index in [0.717, 1.165) is 38.8 Å². The monoisotopic (exact) mass is 354 g/mol. The van der Waals surface area contributed by atoms with Crippen LogP contribution in [0.1, 0.15) is 38.7 Å². The van der Waals surface area contributed by atoms with Gasteiger partial charge in [0.2, 0.25) is 0 Å². The molecule has 1 aromatic rings. The highest BCUT2D eigenvalue weighted by molar-refractivity contribution is 5.85. The van der Waals surface area contributed by atoms with Crippen LogP contribution in [0.2, 0.25) is 0 Å². The van der Waals surface area contributed by atoms with Gasteiger partial charge in [-0.25, -0.2) is 0 Å². The molecule has 0 aromatic heterocycles. The Kier molecular flexibility index (Phi) is 9.99. The molecule has 2 rings (SSSR count). The number of halogens is 1. The molecule has 1 aliphatic heterocycles. The van der Waals surface area contributed by atoms with E-state index in [4.69, 9.17) is 4.74 Å². The summed E-state index contributed by atoms with van der Waals surface area (Å²) in [5.41, 5.74) is 1.29. The van der Waals surface area contributed by atoms with Crippen LogP contribution < -0.4 is 5.32 Å². The number of carbonyl (C=O) groups excluding carboxylic acids is 1. The molecule has 2 atom stereocenters. The van der Waals surface area contributed by atoms with Crippen molar-refractivity contribution in [3.05, 3.63) is 35.9 Å². The number of nitrogens with zero attached hydrogens (tertiary/aromatic N) is 1. The predicted octanol–water partition coefficient (Wildman–Crippen LogP) is 3.05. The minimum Gasteiger partial charge on any atom is -0.366 e. The normalized spacial score (nSPS) is 18.5. The van der Waals surface area contributed by atoms with Crippen molar-refractivity contribution in [3.8, 4) is 0 Å². The molecule has 1 amide bonds. The van der Waals surface area contributed by atoms with Crippen LogP contribution in [0.4, 0.5) is 0 Å². The number of carbonyl (C=O) groups is 1. The molecule has 2 unspecified atom stereocenters. The lowest BCUT2D eigenvalue weighted by molar-refractivity contribution is -0.147. The lowest BCUT2D eigenvalue weighted by Gasteiger charge is -2.35. The van der Waals surface area contributed by atoms with E-state index >= 15 is 0 Å². The van der Waals surface area contributed by atoms with Crippen molar-refractivity contribution in [1.29, 1.82) is 0 Å². The third kappa shape index (κ3) is 6.08. The Morgan fingerprint density at radius 1 is 1.29 bits per heavy atom. The zero-order valence-electron chi connectivity index (χ0n) is 14.9. The van der Waals surface area contributed by atoms with E-state index in [9.17, 15) is 4.79 Å². The summed E-state index contributed by atoms with van der Waals surface area (Å²) in [6.45, 7) is 7.20. The van der Waals surface area contributed by atoms with Crippen LogP contribution in [0.25, 0.3) is 0 Å². The Morgan fingerprint density at radius 3 is 2.62 bits per heavy atom. The van der Waals surface area contributed by atoms with Crippen LogP contribution >= 0.6 is 12.4 Å². The summed E-state index contributed by atoms with van der Waals surface area (Å²) in [6, 6.07) is 10.7. The first-order valence-corrected chi connectivity index (χ1v) is 8.93. The van der Waals surface area contributed by atoms with E-state index in [0.29, 0.717) is 13.2 Å². The smallest absolute Gasteiger partial charge is 0.253 e.